The number of Topliss-reactive ketones (excluding diaryl/α,β-unsaturated/α-hetero) is 1. The van der Waals surface area contributed by atoms with Crippen LogP contribution >= 0.6 is 0 Å². The van der Waals surface area contributed by atoms with Crippen LogP contribution in [0.3, 0.4) is 0 Å². The summed E-state index contributed by atoms with van der Waals surface area (Å²) in [6, 6.07) is 0. The Morgan fingerprint density at radius 1 is 1.35 bits per heavy atom. The second-order valence-corrected chi connectivity index (χ2v) is 4.85. The molecule has 1 aliphatic carbocycles. The van der Waals surface area contributed by atoms with Crippen molar-refractivity contribution in [1.29, 1.82) is 0 Å². The Labute approximate surface area is 103 Å². The number of carbonyl (C=O) groups is 2. The van der Waals surface area contributed by atoms with Crippen molar-refractivity contribution in [3.05, 3.63) is 24.3 Å². The number of rotatable bonds is 4. The number of esters is 1. The first-order valence-electron chi connectivity index (χ1n) is 6.05. The Kier molecular flexibility index (Phi) is 5.13. The summed E-state index contributed by atoms with van der Waals surface area (Å²) in [5.74, 6) is -0.375. The molecule has 0 saturated carbocycles. The highest BCUT2D eigenvalue weighted by atomic mass is 16.5. The highest BCUT2D eigenvalue weighted by Crippen LogP contribution is 2.18. The minimum Gasteiger partial charge on any atom is -0.465 e. The molecule has 3 nitrogen and oxygen atoms in total. The molecule has 1 rings (SSSR count). The monoisotopic (exact) mass is 236 g/mol. The summed E-state index contributed by atoms with van der Waals surface area (Å²) in [4.78, 5) is 23.5. The first kappa shape index (κ1) is 13.7. The molecule has 0 N–H and O–H groups in total. The normalized spacial score (nSPS) is 23.9. The number of hydrogen-bond acceptors (Lipinski definition) is 3. The molecule has 2 atom stereocenters. The van der Waals surface area contributed by atoms with Gasteiger partial charge in [-0.1, -0.05) is 45.1 Å². The predicted molar refractivity (Wildman–Crippen MR) is 66.4 cm³/mol. The molecule has 0 fully saturated rings. The molecular weight excluding hydrogens is 216 g/mol. The molecule has 0 spiro atoms. The van der Waals surface area contributed by atoms with Gasteiger partial charge in [0, 0.05) is 11.8 Å². The van der Waals surface area contributed by atoms with Gasteiger partial charge in [0.25, 0.3) is 0 Å². The van der Waals surface area contributed by atoms with Gasteiger partial charge in [0.2, 0.25) is 0 Å². The molecule has 0 aromatic carbocycles. The van der Waals surface area contributed by atoms with E-state index in [1.54, 1.807) is 6.08 Å². The summed E-state index contributed by atoms with van der Waals surface area (Å²) >= 11 is 0. The molecule has 0 bridgehead atoms. The number of hydrogen-bond donors (Lipinski definition) is 0. The summed E-state index contributed by atoms with van der Waals surface area (Å²) in [5, 5.41) is 0. The third kappa shape index (κ3) is 4.55. The van der Waals surface area contributed by atoms with Crippen LogP contribution in [0.15, 0.2) is 24.3 Å². The Hall–Kier alpha value is -1.38. The van der Waals surface area contributed by atoms with Crippen molar-refractivity contribution in [3.8, 4) is 0 Å². The van der Waals surface area contributed by atoms with Crippen LogP contribution in [0.1, 0.15) is 27.2 Å². The fraction of sp³-hybridized carbons (Fsp3) is 0.571. The molecule has 1 aliphatic rings. The van der Waals surface area contributed by atoms with Crippen molar-refractivity contribution in [3.63, 3.8) is 0 Å². The molecule has 2 unspecified atom stereocenters. The van der Waals surface area contributed by atoms with E-state index in [0.29, 0.717) is 12.5 Å². The molecule has 0 amide bonds. The first-order chi connectivity index (χ1) is 8.00. The van der Waals surface area contributed by atoms with Crippen LogP contribution in [0.5, 0.6) is 0 Å². The lowest BCUT2D eigenvalue weighted by Gasteiger charge is -2.13. The van der Waals surface area contributed by atoms with E-state index in [9.17, 15) is 9.59 Å². The van der Waals surface area contributed by atoms with Crippen molar-refractivity contribution in [2.45, 2.75) is 27.2 Å². The standard InChI is InChI=1S/C14H20O3/c1-10(2)9-17-13(15)8-12-7-5-4-6-11(3)14(12)16/h4-7,10-12H,8-9H2,1-3H3. The number of ketones is 1. The molecule has 17 heavy (non-hydrogen) atoms. The molecule has 3 heteroatoms. The lowest BCUT2D eigenvalue weighted by Crippen LogP contribution is -2.22. The molecule has 0 aromatic heterocycles. The molecule has 0 heterocycles. The van der Waals surface area contributed by atoms with Gasteiger partial charge in [-0.3, -0.25) is 9.59 Å². The summed E-state index contributed by atoms with van der Waals surface area (Å²) in [6.45, 7) is 6.22. The van der Waals surface area contributed by atoms with Crippen molar-refractivity contribution < 1.29 is 14.3 Å². The van der Waals surface area contributed by atoms with Crippen molar-refractivity contribution in [2.75, 3.05) is 6.61 Å². The largest absolute Gasteiger partial charge is 0.465 e. The van der Waals surface area contributed by atoms with Crippen LogP contribution in [0.25, 0.3) is 0 Å². The molecule has 0 saturated heterocycles. The quantitative estimate of drug-likeness (QED) is 0.704. The van der Waals surface area contributed by atoms with Crippen LogP contribution in [0, 0.1) is 17.8 Å². The van der Waals surface area contributed by atoms with E-state index in [1.165, 1.54) is 0 Å². The van der Waals surface area contributed by atoms with Crippen LogP contribution < -0.4 is 0 Å². The summed E-state index contributed by atoms with van der Waals surface area (Å²) in [6.07, 6.45) is 7.44. The minimum absolute atomic E-state index is 0.0801. The third-order valence-electron chi connectivity index (χ3n) is 2.63. The summed E-state index contributed by atoms with van der Waals surface area (Å²) < 4.78 is 5.09. The molecule has 0 radical (unpaired) electrons. The van der Waals surface area contributed by atoms with Gasteiger partial charge >= 0.3 is 5.97 Å². The van der Waals surface area contributed by atoms with Crippen LogP contribution in [0.2, 0.25) is 0 Å². The van der Waals surface area contributed by atoms with Crippen molar-refractivity contribution >= 4 is 11.8 Å². The molecular formula is C14H20O3. The molecule has 0 aliphatic heterocycles. The van der Waals surface area contributed by atoms with Crippen LogP contribution in [-0.4, -0.2) is 18.4 Å². The van der Waals surface area contributed by atoms with E-state index in [4.69, 9.17) is 4.74 Å². The number of allylic oxidation sites excluding steroid dienone is 4. The maximum absolute atomic E-state index is 11.9. The van der Waals surface area contributed by atoms with E-state index in [0.717, 1.165) is 0 Å². The summed E-state index contributed by atoms with van der Waals surface area (Å²) in [5.41, 5.74) is 0. The van der Waals surface area contributed by atoms with E-state index >= 15 is 0 Å². The molecule has 94 valence electrons. The summed E-state index contributed by atoms with van der Waals surface area (Å²) in [7, 11) is 0. The maximum Gasteiger partial charge on any atom is 0.306 e. The number of ether oxygens (including phenoxy) is 1. The van der Waals surface area contributed by atoms with Gasteiger partial charge in [-0.25, -0.2) is 0 Å². The Morgan fingerprint density at radius 3 is 2.65 bits per heavy atom. The predicted octanol–water partition coefficient (Wildman–Crippen LogP) is 2.52. The zero-order valence-electron chi connectivity index (χ0n) is 10.7. The Balaban J connectivity index is 2.50. The number of carbonyl (C=O) groups excluding carboxylic acids is 2. The van der Waals surface area contributed by atoms with Crippen LogP contribution in [0.4, 0.5) is 0 Å². The highest BCUT2D eigenvalue weighted by molar-refractivity contribution is 5.90. The first-order valence-corrected chi connectivity index (χ1v) is 6.05. The average molecular weight is 236 g/mol. The van der Waals surface area contributed by atoms with Gasteiger partial charge in [-0.15, -0.1) is 0 Å². The zero-order valence-corrected chi connectivity index (χ0v) is 10.7. The Bertz CT molecular complexity index is 339. The van der Waals surface area contributed by atoms with E-state index in [1.807, 2.05) is 39.0 Å². The van der Waals surface area contributed by atoms with Gasteiger partial charge < -0.3 is 4.74 Å². The Morgan fingerprint density at radius 2 is 2.00 bits per heavy atom. The van der Waals surface area contributed by atoms with Gasteiger partial charge in [0.05, 0.1) is 13.0 Å². The smallest absolute Gasteiger partial charge is 0.306 e. The van der Waals surface area contributed by atoms with E-state index in [2.05, 4.69) is 0 Å². The second kappa shape index (κ2) is 6.38. The van der Waals surface area contributed by atoms with Gasteiger partial charge in [-0.05, 0) is 5.92 Å². The fourth-order valence-corrected chi connectivity index (χ4v) is 1.62. The topological polar surface area (TPSA) is 43.4 Å². The van der Waals surface area contributed by atoms with E-state index < -0.39 is 0 Å². The fourth-order valence-electron chi connectivity index (χ4n) is 1.62. The average Bonchev–Trinajstić information content (AvgIpc) is 2.42. The van der Waals surface area contributed by atoms with E-state index in [-0.39, 0.29) is 30.0 Å². The van der Waals surface area contributed by atoms with Gasteiger partial charge in [0.15, 0.2) is 0 Å². The van der Waals surface area contributed by atoms with Gasteiger partial charge in [-0.2, -0.15) is 0 Å². The molecule has 0 aromatic rings. The van der Waals surface area contributed by atoms with Crippen molar-refractivity contribution in [1.82, 2.24) is 0 Å². The highest BCUT2D eigenvalue weighted by Gasteiger charge is 2.24. The van der Waals surface area contributed by atoms with Gasteiger partial charge in [0.1, 0.15) is 5.78 Å². The second-order valence-electron chi connectivity index (χ2n) is 4.85. The zero-order chi connectivity index (χ0) is 12.8. The van der Waals surface area contributed by atoms with Crippen LogP contribution in [-0.2, 0) is 14.3 Å². The lowest BCUT2D eigenvalue weighted by atomic mass is 9.92. The SMILES string of the molecule is CC(C)COC(=O)CC1C=CC=CC(C)C1=O. The minimum atomic E-state index is -0.348. The maximum atomic E-state index is 11.9. The van der Waals surface area contributed by atoms with Crippen molar-refractivity contribution in [2.24, 2.45) is 17.8 Å². The lowest BCUT2D eigenvalue weighted by molar-refractivity contribution is -0.147. The third-order valence-corrected chi connectivity index (χ3v) is 2.63.